The first-order chi connectivity index (χ1) is 15.6. The topological polar surface area (TPSA) is 88.7 Å². The zero-order valence-corrected chi connectivity index (χ0v) is 18.0. The lowest BCUT2D eigenvalue weighted by Gasteiger charge is -2.10. The monoisotopic (exact) mass is 433 g/mol. The van der Waals surface area contributed by atoms with Gasteiger partial charge in [0.1, 0.15) is 24.7 Å². The van der Waals surface area contributed by atoms with E-state index in [0.29, 0.717) is 36.8 Å². The minimum atomic E-state index is -0.178. The summed E-state index contributed by atoms with van der Waals surface area (Å²) < 4.78 is 11.2. The third-order valence-corrected chi connectivity index (χ3v) is 4.44. The first-order valence-corrected chi connectivity index (χ1v) is 10.5. The maximum absolute atomic E-state index is 12.2. The van der Waals surface area contributed by atoms with Crippen molar-refractivity contribution in [2.45, 2.75) is 6.92 Å². The Labute approximate surface area is 187 Å². The smallest absolute Gasteiger partial charge is 0.251 e. The van der Waals surface area contributed by atoms with Crippen molar-refractivity contribution in [2.75, 3.05) is 36.9 Å². The third kappa shape index (κ3) is 7.36. The highest BCUT2D eigenvalue weighted by molar-refractivity contribution is 5.95. The lowest BCUT2D eigenvalue weighted by molar-refractivity contribution is -0.114. The van der Waals surface area contributed by atoms with Crippen LogP contribution in [0.15, 0.2) is 78.9 Å². The summed E-state index contributed by atoms with van der Waals surface area (Å²) >= 11 is 0. The fraction of sp³-hybridized carbons (Fsp3) is 0.200. The lowest BCUT2D eigenvalue weighted by atomic mass is 10.2. The zero-order valence-electron chi connectivity index (χ0n) is 18.0. The number of nitrogens with one attached hydrogen (secondary N) is 3. The summed E-state index contributed by atoms with van der Waals surface area (Å²) in [5.41, 5.74) is 2.02. The molecule has 0 saturated heterocycles. The van der Waals surface area contributed by atoms with Gasteiger partial charge in [0.05, 0.1) is 6.54 Å². The van der Waals surface area contributed by atoms with E-state index in [1.54, 1.807) is 48.5 Å². The van der Waals surface area contributed by atoms with Crippen LogP contribution in [0.1, 0.15) is 17.3 Å². The fourth-order valence-electron chi connectivity index (χ4n) is 2.86. The summed E-state index contributed by atoms with van der Waals surface area (Å²) in [6.07, 6.45) is 0. The number of para-hydroxylation sites is 1. The Morgan fingerprint density at radius 2 is 1.34 bits per heavy atom. The molecule has 2 amide bonds. The first-order valence-electron chi connectivity index (χ1n) is 10.5. The predicted octanol–water partition coefficient (Wildman–Crippen LogP) is 3.94. The Kier molecular flexibility index (Phi) is 8.50. The number of carbonyl (C=O) groups excluding carboxylic acids is 2. The van der Waals surface area contributed by atoms with Crippen molar-refractivity contribution in [3.8, 4) is 11.5 Å². The van der Waals surface area contributed by atoms with Crippen molar-refractivity contribution in [1.82, 2.24) is 5.32 Å². The Bertz CT molecular complexity index is 990. The van der Waals surface area contributed by atoms with Gasteiger partial charge in [-0.15, -0.1) is 0 Å². The van der Waals surface area contributed by atoms with E-state index in [9.17, 15) is 9.59 Å². The van der Waals surface area contributed by atoms with Crippen LogP contribution in [0.5, 0.6) is 11.5 Å². The Morgan fingerprint density at radius 3 is 1.97 bits per heavy atom. The van der Waals surface area contributed by atoms with Crippen molar-refractivity contribution in [3.05, 3.63) is 84.4 Å². The molecule has 0 bridgehead atoms. The number of rotatable bonds is 11. The van der Waals surface area contributed by atoms with Crippen molar-refractivity contribution in [1.29, 1.82) is 0 Å². The molecule has 0 aromatic heterocycles. The fourth-order valence-corrected chi connectivity index (χ4v) is 2.86. The molecular weight excluding hydrogens is 406 g/mol. The minimum Gasteiger partial charge on any atom is -0.490 e. The van der Waals surface area contributed by atoms with Crippen LogP contribution in [0.4, 0.5) is 11.4 Å². The number of carbonyl (C=O) groups is 2. The van der Waals surface area contributed by atoms with E-state index in [2.05, 4.69) is 16.0 Å². The number of amides is 2. The standard InChI is InChI=1S/C25H27N3O4/c1-2-26-25(30)19-8-10-20(11-9-19)27-18-24(29)28-21-12-14-23(15-13-21)32-17-16-31-22-6-4-3-5-7-22/h3-15,27H,2,16-18H2,1H3,(H,26,30)(H,28,29). The molecule has 0 saturated carbocycles. The largest absolute Gasteiger partial charge is 0.490 e. The number of ether oxygens (including phenoxy) is 2. The number of hydrogen-bond acceptors (Lipinski definition) is 5. The average Bonchev–Trinajstić information content (AvgIpc) is 2.83. The van der Waals surface area contributed by atoms with Crippen LogP contribution >= 0.6 is 0 Å². The van der Waals surface area contributed by atoms with Crippen LogP contribution in [-0.4, -0.2) is 38.1 Å². The van der Waals surface area contributed by atoms with E-state index < -0.39 is 0 Å². The van der Waals surface area contributed by atoms with Gasteiger partial charge in [-0.3, -0.25) is 9.59 Å². The summed E-state index contributed by atoms with van der Waals surface area (Å²) in [7, 11) is 0. The highest BCUT2D eigenvalue weighted by Gasteiger charge is 2.06. The molecule has 0 aliphatic rings. The highest BCUT2D eigenvalue weighted by Crippen LogP contribution is 2.16. The summed E-state index contributed by atoms with van der Waals surface area (Å²) in [6, 6.07) is 23.7. The molecule has 3 N–H and O–H groups in total. The van der Waals surface area contributed by atoms with Gasteiger partial charge in [-0.1, -0.05) is 18.2 Å². The van der Waals surface area contributed by atoms with Crippen molar-refractivity contribution in [2.24, 2.45) is 0 Å². The second-order valence-electron chi connectivity index (χ2n) is 6.87. The molecule has 7 nitrogen and oxygen atoms in total. The van der Waals surface area contributed by atoms with Gasteiger partial charge in [-0.2, -0.15) is 0 Å². The van der Waals surface area contributed by atoms with Crippen LogP contribution < -0.4 is 25.4 Å². The molecule has 0 heterocycles. The second kappa shape index (κ2) is 12.0. The van der Waals surface area contributed by atoms with E-state index >= 15 is 0 Å². The normalized spacial score (nSPS) is 10.2. The highest BCUT2D eigenvalue weighted by atomic mass is 16.5. The Balaban J connectivity index is 1.37. The van der Waals surface area contributed by atoms with Crippen LogP contribution in [0, 0.1) is 0 Å². The quantitative estimate of drug-likeness (QED) is 0.399. The van der Waals surface area contributed by atoms with Gasteiger partial charge in [0.25, 0.3) is 5.91 Å². The van der Waals surface area contributed by atoms with Gasteiger partial charge in [0, 0.05) is 23.5 Å². The number of hydrogen-bond donors (Lipinski definition) is 3. The number of anilines is 2. The van der Waals surface area contributed by atoms with Gasteiger partial charge >= 0.3 is 0 Å². The van der Waals surface area contributed by atoms with Crippen LogP contribution in [0.2, 0.25) is 0 Å². The molecule has 0 aliphatic heterocycles. The van der Waals surface area contributed by atoms with Crippen molar-refractivity contribution in [3.63, 3.8) is 0 Å². The molecule has 3 rings (SSSR count). The lowest BCUT2D eigenvalue weighted by Crippen LogP contribution is -2.23. The van der Waals surface area contributed by atoms with Crippen molar-refractivity contribution >= 4 is 23.2 Å². The maximum atomic E-state index is 12.2. The number of benzene rings is 3. The predicted molar refractivity (Wildman–Crippen MR) is 125 cm³/mol. The van der Waals surface area contributed by atoms with E-state index in [1.807, 2.05) is 37.3 Å². The van der Waals surface area contributed by atoms with Gasteiger partial charge < -0.3 is 25.4 Å². The van der Waals surface area contributed by atoms with Gasteiger partial charge in [-0.05, 0) is 67.6 Å². The molecular formula is C25H27N3O4. The zero-order chi connectivity index (χ0) is 22.6. The van der Waals surface area contributed by atoms with Gasteiger partial charge in [0.2, 0.25) is 5.91 Å². The van der Waals surface area contributed by atoms with E-state index in [-0.39, 0.29) is 18.4 Å². The van der Waals surface area contributed by atoms with Gasteiger partial charge in [0.15, 0.2) is 0 Å². The Hall–Kier alpha value is -4.00. The molecule has 0 fully saturated rings. The molecule has 166 valence electrons. The molecule has 0 aliphatic carbocycles. The molecule has 3 aromatic carbocycles. The van der Waals surface area contributed by atoms with E-state index in [0.717, 1.165) is 11.4 Å². The van der Waals surface area contributed by atoms with Gasteiger partial charge in [-0.25, -0.2) is 0 Å². The third-order valence-electron chi connectivity index (χ3n) is 4.44. The molecule has 0 spiro atoms. The molecule has 0 radical (unpaired) electrons. The summed E-state index contributed by atoms with van der Waals surface area (Å²) in [4.78, 5) is 24.0. The maximum Gasteiger partial charge on any atom is 0.251 e. The first kappa shape index (κ1) is 22.7. The van der Waals surface area contributed by atoms with Crippen LogP contribution in [0.3, 0.4) is 0 Å². The Morgan fingerprint density at radius 1 is 0.750 bits per heavy atom. The minimum absolute atomic E-state index is 0.107. The average molecular weight is 434 g/mol. The molecule has 0 atom stereocenters. The summed E-state index contributed by atoms with van der Waals surface area (Å²) in [5.74, 6) is 1.21. The summed E-state index contributed by atoms with van der Waals surface area (Å²) in [6.45, 7) is 3.42. The van der Waals surface area contributed by atoms with E-state index in [4.69, 9.17) is 9.47 Å². The van der Waals surface area contributed by atoms with Crippen molar-refractivity contribution < 1.29 is 19.1 Å². The SMILES string of the molecule is CCNC(=O)c1ccc(NCC(=O)Nc2ccc(OCCOc3ccccc3)cc2)cc1. The van der Waals surface area contributed by atoms with Crippen LogP contribution in [-0.2, 0) is 4.79 Å². The second-order valence-corrected chi connectivity index (χ2v) is 6.87. The van der Waals surface area contributed by atoms with Crippen LogP contribution in [0.25, 0.3) is 0 Å². The van der Waals surface area contributed by atoms with E-state index in [1.165, 1.54) is 0 Å². The molecule has 7 heteroatoms. The summed E-state index contributed by atoms with van der Waals surface area (Å²) in [5, 5.41) is 8.61. The molecule has 3 aromatic rings. The molecule has 32 heavy (non-hydrogen) atoms. The molecule has 0 unspecified atom stereocenters.